The summed E-state index contributed by atoms with van der Waals surface area (Å²) in [6.07, 6.45) is 0.660. The van der Waals surface area contributed by atoms with Crippen molar-refractivity contribution in [2.75, 3.05) is 36.4 Å². The molecule has 2 unspecified atom stereocenters. The van der Waals surface area contributed by atoms with Crippen molar-refractivity contribution >= 4 is 23.6 Å². The highest BCUT2D eigenvalue weighted by atomic mass is 32.2. The van der Waals surface area contributed by atoms with E-state index in [2.05, 4.69) is 54.8 Å². The monoisotopic (exact) mass is 515 g/mol. The van der Waals surface area contributed by atoms with Gasteiger partial charge in [-0.15, -0.1) is 0 Å². The van der Waals surface area contributed by atoms with E-state index < -0.39 is 17.8 Å². The summed E-state index contributed by atoms with van der Waals surface area (Å²) < 4.78 is 40.3. The summed E-state index contributed by atoms with van der Waals surface area (Å²) in [6, 6.07) is 14.6. The van der Waals surface area contributed by atoms with Crippen LogP contribution in [0.2, 0.25) is 0 Å². The normalized spacial score (nSPS) is 21.1. The summed E-state index contributed by atoms with van der Waals surface area (Å²) in [6.45, 7) is 3.29. The Morgan fingerprint density at radius 1 is 0.944 bits per heavy atom. The maximum Gasteiger partial charge on any atom is 0.417 e. The van der Waals surface area contributed by atoms with Gasteiger partial charge in [0.25, 0.3) is 0 Å². The van der Waals surface area contributed by atoms with Crippen molar-refractivity contribution in [2.24, 2.45) is 0 Å². The van der Waals surface area contributed by atoms with E-state index in [1.807, 2.05) is 12.3 Å². The number of piperidine rings is 1. The average molecular weight is 516 g/mol. The van der Waals surface area contributed by atoms with Crippen LogP contribution >= 0.6 is 11.9 Å². The number of aliphatic hydroxyl groups is 1. The second-order valence-electron chi connectivity index (χ2n) is 9.14. The number of aromatic nitrogens is 2. The van der Waals surface area contributed by atoms with E-state index in [1.165, 1.54) is 18.9 Å². The van der Waals surface area contributed by atoms with Gasteiger partial charge in [0.1, 0.15) is 11.6 Å². The van der Waals surface area contributed by atoms with Gasteiger partial charge in [-0.1, -0.05) is 12.1 Å². The zero-order chi connectivity index (χ0) is 25.1. The standard InChI is InChI=1S/C26H28F3N5OS/c27-26(28,29)20-5-8-24(31-16-20)32-22-10-14-34(17-23(22)35)36-21-6-3-18(4-7-21)19-9-11-30-25(15-19)33-12-1-2-13-33/h3-9,11,15-16,22-23,35H,1-2,10,12-14,17H2,(H,31,32). The van der Waals surface area contributed by atoms with E-state index in [9.17, 15) is 18.3 Å². The van der Waals surface area contributed by atoms with Crippen LogP contribution in [0.15, 0.2) is 65.8 Å². The van der Waals surface area contributed by atoms with Crippen LogP contribution in [0.4, 0.5) is 24.8 Å². The molecule has 36 heavy (non-hydrogen) atoms. The van der Waals surface area contributed by atoms with Crippen LogP contribution in [0, 0.1) is 0 Å². The van der Waals surface area contributed by atoms with Crippen molar-refractivity contribution < 1.29 is 18.3 Å². The Bertz CT molecular complexity index is 1150. The van der Waals surface area contributed by atoms with Crippen molar-refractivity contribution in [1.29, 1.82) is 0 Å². The highest BCUT2D eigenvalue weighted by molar-refractivity contribution is 7.97. The highest BCUT2D eigenvalue weighted by Gasteiger charge is 2.31. The second kappa shape index (κ2) is 10.7. The third kappa shape index (κ3) is 5.93. The average Bonchev–Trinajstić information content (AvgIpc) is 3.41. The van der Waals surface area contributed by atoms with Crippen molar-refractivity contribution in [2.45, 2.75) is 42.5 Å². The molecule has 1 aromatic carbocycles. The quantitative estimate of drug-likeness (QED) is 0.431. The fourth-order valence-corrected chi connectivity index (χ4v) is 5.55. The molecule has 0 radical (unpaired) electrons. The Kier molecular flexibility index (Phi) is 7.36. The molecule has 0 amide bonds. The molecular weight excluding hydrogens is 487 g/mol. The maximum atomic E-state index is 12.7. The van der Waals surface area contributed by atoms with Crippen LogP contribution in [0.1, 0.15) is 24.8 Å². The van der Waals surface area contributed by atoms with Crippen molar-refractivity contribution in [1.82, 2.24) is 14.3 Å². The van der Waals surface area contributed by atoms with Gasteiger partial charge in [0.15, 0.2) is 0 Å². The molecule has 6 nitrogen and oxygen atoms in total. The van der Waals surface area contributed by atoms with Crippen LogP contribution in [-0.4, -0.2) is 57.7 Å². The molecule has 2 atom stereocenters. The summed E-state index contributed by atoms with van der Waals surface area (Å²) in [7, 11) is 0. The number of aliphatic hydroxyl groups excluding tert-OH is 1. The van der Waals surface area contributed by atoms with Crippen LogP contribution in [-0.2, 0) is 6.18 Å². The fraction of sp³-hybridized carbons (Fsp3) is 0.385. The van der Waals surface area contributed by atoms with Crippen molar-refractivity contribution in [3.05, 3.63) is 66.5 Å². The van der Waals surface area contributed by atoms with E-state index in [0.717, 1.165) is 53.7 Å². The second-order valence-corrected chi connectivity index (χ2v) is 10.3. The van der Waals surface area contributed by atoms with Gasteiger partial charge in [0.2, 0.25) is 0 Å². The number of nitrogens with one attached hydrogen (secondary N) is 1. The molecule has 2 aliphatic rings. The predicted molar refractivity (Wildman–Crippen MR) is 136 cm³/mol. The molecule has 3 aromatic rings. The first-order valence-corrected chi connectivity index (χ1v) is 12.8. The Morgan fingerprint density at radius 3 is 2.39 bits per heavy atom. The van der Waals surface area contributed by atoms with Gasteiger partial charge in [0, 0.05) is 43.5 Å². The largest absolute Gasteiger partial charge is 0.417 e. The van der Waals surface area contributed by atoms with Gasteiger partial charge < -0.3 is 15.3 Å². The third-order valence-electron chi connectivity index (χ3n) is 6.57. The number of rotatable bonds is 6. The molecule has 5 rings (SSSR count). The molecule has 190 valence electrons. The van der Waals surface area contributed by atoms with Gasteiger partial charge in [0.05, 0.1) is 17.7 Å². The molecule has 2 fully saturated rings. The number of pyridine rings is 2. The number of benzene rings is 1. The highest BCUT2D eigenvalue weighted by Crippen LogP contribution is 2.32. The van der Waals surface area contributed by atoms with E-state index in [4.69, 9.17) is 0 Å². The molecule has 4 heterocycles. The van der Waals surface area contributed by atoms with E-state index in [0.29, 0.717) is 18.8 Å². The molecule has 2 aliphatic heterocycles. The predicted octanol–water partition coefficient (Wildman–Crippen LogP) is 5.32. The van der Waals surface area contributed by atoms with Gasteiger partial charge in [-0.05, 0) is 78.7 Å². The number of anilines is 2. The zero-order valence-electron chi connectivity index (χ0n) is 19.7. The molecule has 2 aromatic heterocycles. The minimum Gasteiger partial charge on any atom is -0.390 e. The molecule has 10 heteroatoms. The Hall–Kier alpha value is -2.82. The number of hydrogen-bond donors (Lipinski definition) is 2. The lowest BCUT2D eigenvalue weighted by Crippen LogP contribution is -2.47. The lowest BCUT2D eigenvalue weighted by Gasteiger charge is -2.35. The summed E-state index contributed by atoms with van der Waals surface area (Å²) in [5.74, 6) is 1.35. The minimum absolute atomic E-state index is 0.273. The van der Waals surface area contributed by atoms with Crippen molar-refractivity contribution in [3.63, 3.8) is 0 Å². The Morgan fingerprint density at radius 2 is 1.72 bits per heavy atom. The third-order valence-corrected chi connectivity index (χ3v) is 7.64. The topological polar surface area (TPSA) is 64.5 Å². The smallest absolute Gasteiger partial charge is 0.390 e. The summed E-state index contributed by atoms with van der Waals surface area (Å²) >= 11 is 1.59. The summed E-state index contributed by atoms with van der Waals surface area (Å²) in [5, 5.41) is 13.7. The van der Waals surface area contributed by atoms with E-state index in [1.54, 1.807) is 11.9 Å². The number of β-amino-alcohol motifs (C(OH)–C–C–N with tert-alkyl or cyclic N) is 1. The molecule has 0 bridgehead atoms. The number of halogens is 3. The maximum absolute atomic E-state index is 12.7. The number of hydrogen-bond acceptors (Lipinski definition) is 7. The Balaban J connectivity index is 1.15. The van der Waals surface area contributed by atoms with Crippen molar-refractivity contribution in [3.8, 4) is 11.1 Å². The van der Waals surface area contributed by atoms with Gasteiger partial charge >= 0.3 is 6.18 Å². The zero-order valence-corrected chi connectivity index (χ0v) is 20.5. The Labute approximate surface area is 212 Å². The van der Waals surface area contributed by atoms with Gasteiger partial charge in [-0.2, -0.15) is 13.2 Å². The first-order chi connectivity index (χ1) is 17.3. The lowest BCUT2D eigenvalue weighted by atomic mass is 10.0. The number of alkyl halides is 3. The van der Waals surface area contributed by atoms with E-state index >= 15 is 0 Å². The molecule has 0 aliphatic carbocycles. The summed E-state index contributed by atoms with van der Waals surface area (Å²) in [4.78, 5) is 11.8. The van der Waals surface area contributed by atoms with Gasteiger partial charge in [-0.3, -0.25) is 0 Å². The van der Waals surface area contributed by atoms with E-state index in [-0.39, 0.29) is 6.04 Å². The SMILES string of the molecule is OC1CN(Sc2ccc(-c3ccnc(N4CCCC4)c3)cc2)CCC1Nc1ccc(C(F)(F)F)cn1. The first kappa shape index (κ1) is 24.9. The minimum atomic E-state index is -4.42. The lowest BCUT2D eigenvalue weighted by molar-refractivity contribution is -0.137. The van der Waals surface area contributed by atoms with Crippen LogP contribution in [0.3, 0.4) is 0 Å². The molecular formula is C26H28F3N5OS. The molecule has 0 spiro atoms. The molecule has 0 saturated carbocycles. The summed E-state index contributed by atoms with van der Waals surface area (Å²) in [5.41, 5.74) is 1.48. The fourth-order valence-electron chi connectivity index (χ4n) is 4.57. The number of nitrogens with zero attached hydrogens (tertiary/aromatic N) is 4. The van der Waals surface area contributed by atoms with Gasteiger partial charge in [-0.25, -0.2) is 14.3 Å². The molecule has 2 N–H and O–H groups in total. The van der Waals surface area contributed by atoms with Crippen LogP contribution in [0.25, 0.3) is 11.1 Å². The molecule has 2 saturated heterocycles. The van der Waals surface area contributed by atoms with Crippen LogP contribution < -0.4 is 10.2 Å². The van der Waals surface area contributed by atoms with Crippen LogP contribution in [0.5, 0.6) is 0 Å². The first-order valence-electron chi connectivity index (χ1n) is 12.1.